The van der Waals surface area contributed by atoms with E-state index in [-0.39, 0.29) is 17.9 Å². The second-order valence-corrected chi connectivity index (χ2v) is 5.59. The van der Waals surface area contributed by atoms with Gasteiger partial charge in [-0.2, -0.15) is 0 Å². The first kappa shape index (κ1) is 15.5. The number of hydrogen-bond donors (Lipinski definition) is 3. The van der Waals surface area contributed by atoms with E-state index in [0.717, 1.165) is 30.6 Å². The van der Waals surface area contributed by atoms with Crippen molar-refractivity contribution in [3.63, 3.8) is 0 Å². The highest BCUT2D eigenvalue weighted by atomic mass is 16.2. The Labute approximate surface area is 125 Å². The molecule has 3 N–H and O–H groups in total. The minimum Gasteiger partial charge on any atom is -0.350 e. The van der Waals surface area contributed by atoms with Gasteiger partial charge in [-0.1, -0.05) is 12.1 Å². The van der Waals surface area contributed by atoms with Gasteiger partial charge in [0, 0.05) is 25.1 Å². The Morgan fingerprint density at radius 3 is 2.90 bits per heavy atom. The lowest BCUT2D eigenvalue weighted by molar-refractivity contribution is -0.122. The predicted molar refractivity (Wildman–Crippen MR) is 82.9 cm³/mol. The quantitative estimate of drug-likeness (QED) is 0.776. The maximum atomic E-state index is 12.0. The van der Waals surface area contributed by atoms with Crippen LogP contribution < -0.4 is 16.0 Å². The summed E-state index contributed by atoms with van der Waals surface area (Å²) in [6, 6.07) is 7.78. The van der Waals surface area contributed by atoms with Crippen molar-refractivity contribution in [3.05, 3.63) is 29.8 Å². The van der Waals surface area contributed by atoms with E-state index in [0.29, 0.717) is 12.5 Å². The van der Waals surface area contributed by atoms with E-state index in [1.165, 1.54) is 6.92 Å². The van der Waals surface area contributed by atoms with Crippen molar-refractivity contribution < 1.29 is 9.59 Å². The molecule has 1 saturated heterocycles. The van der Waals surface area contributed by atoms with Gasteiger partial charge in [-0.25, -0.2) is 0 Å². The first-order valence-electron chi connectivity index (χ1n) is 7.45. The van der Waals surface area contributed by atoms with Crippen LogP contribution >= 0.6 is 0 Å². The van der Waals surface area contributed by atoms with E-state index in [2.05, 4.69) is 16.0 Å². The minimum absolute atomic E-state index is 0.0619. The SMILES string of the molecule is CC(=O)Nc1cccc(C(C)NC(=O)CC2CCCN2)c1. The summed E-state index contributed by atoms with van der Waals surface area (Å²) in [5.74, 6) is -0.0389. The molecule has 5 heteroatoms. The third-order valence-corrected chi connectivity index (χ3v) is 3.68. The van der Waals surface area contributed by atoms with Gasteiger partial charge in [-0.15, -0.1) is 0 Å². The Hall–Kier alpha value is -1.88. The molecule has 1 aliphatic heterocycles. The lowest BCUT2D eigenvalue weighted by Crippen LogP contribution is -2.33. The van der Waals surface area contributed by atoms with E-state index in [1.54, 1.807) is 0 Å². The first-order chi connectivity index (χ1) is 10.0. The second-order valence-electron chi connectivity index (χ2n) is 5.59. The zero-order valence-electron chi connectivity index (χ0n) is 12.6. The number of carbonyl (C=O) groups excluding carboxylic acids is 2. The van der Waals surface area contributed by atoms with Crippen molar-refractivity contribution in [1.29, 1.82) is 0 Å². The maximum absolute atomic E-state index is 12.0. The molecule has 0 aliphatic carbocycles. The topological polar surface area (TPSA) is 70.2 Å². The number of rotatable bonds is 5. The standard InChI is InChI=1S/C16H23N3O2/c1-11(18-16(21)10-14-7-4-8-17-14)13-5-3-6-15(9-13)19-12(2)20/h3,5-6,9,11,14,17H,4,7-8,10H2,1-2H3,(H,18,21)(H,19,20). The van der Waals surface area contributed by atoms with Gasteiger partial charge in [0.05, 0.1) is 6.04 Å². The largest absolute Gasteiger partial charge is 0.350 e. The average Bonchev–Trinajstić information content (AvgIpc) is 2.90. The van der Waals surface area contributed by atoms with Crippen LogP contribution in [0.2, 0.25) is 0 Å². The molecule has 2 unspecified atom stereocenters. The number of benzene rings is 1. The van der Waals surface area contributed by atoms with Gasteiger partial charge < -0.3 is 16.0 Å². The molecular formula is C16H23N3O2. The van der Waals surface area contributed by atoms with Crippen molar-refractivity contribution in [2.75, 3.05) is 11.9 Å². The molecule has 2 amide bonds. The van der Waals surface area contributed by atoms with E-state index >= 15 is 0 Å². The zero-order valence-corrected chi connectivity index (χ0v) is 12.6. The fourth-order valence-electron chi connectivity index (χ4n) is 2.63. The molecule has 114 valence electrons. The Morgan fingerprint density at radius 2 is 2.24 bits per heavy atom. The molecule has 0 aromatic heterocycles. The summed E-state index contributed by atoms with van der Waals surface area (Å²) in [6.07, 6.45) is 2.74. The molecule has 0 spiro atoms. The van der Waals surface area contributed by atoms with Gasteiger partial charge >= 0.3 is 0 Å². The third kappa shape index (κ3) is 4.86. The minimum atomic E-state index is -0.101. The second kappa shape index (κ2) is 7.22. The van der Waals surface area contributed by atoms with Crippen molar-refractivity contribution in [2.45, 2.75) is 45.2 Å². The smallest absolute Gasteiger partial charge is 0.222 e. The maximum Gasteiger partial charge on any atom is 0.222 e. The summed E-state index contributed by atoms with van der Waals surface area (Å²) >= 11 is 0. The van der Waals surface area contributed by atoms with Crippen LogP contribution in [0.3, 0.4) is 0 Å². The van der Waals surface area contributed by atoms with Crippen LogP contribution in [-0.2, 0) is 9.59 Å². The molecule has 2 atom stereocenters. The number of amides is 2. The van der Waals surface area contributed by atoms with Crippen LogP contribution in [0.15, 0.2) is 24.3 Å². The molecule has 0 saturated carbocycles. The Kier molecular flexibility index (Phi) is 5.33. The van der Waals surface area contributed by atoms with E-state index in [1.807, 2.05) is 31.2 Å². The van der Waals surface area contributed by atoms with Crippen LogP contribution in [0.5, 0.6) is 0 Å². The van der Waals surface area contributed by atoms with Gasteiger partial charge in [-0.05, 0) is 44.0 Å². The van der Waals surface area contributed by atoms with Gasteiger partial charge in [0.25, 0.3) is 0 Å². The number of carbonyl (C=O) groups is 2. The molecule has 21 heavy (non-hydrogen) atoms. The fraction of sp³-hybridized carbons (Fsp3) is 0.500. The van der Waals surface area contributed by atoms with E-state index in [4.69, 9.17) is 0 Å². The predicted octanol–water partition coefficient (Wildman–Crippen LogP) is 1.96. The molecular weight excluding hydrogens is 266 g/mol. The molecule has 1 aromatic carbocycles. The average molecular weight is 289 g/mol. The molecule has 1 heterocycles. The highest BCUT2D eigenvalue weighted by Crippen LogP contribution is 2.18. The summed E-state index contributed by atoms with van der Waals surface area (Å²) < 4.78 is 0. The molecule has 1 aliphatic rings. The molecule has 1 fully saturated rings. The van der Waals surface area contributed by atoms with Crippen LogP contribution in [0.4, 0.5) is 5.69 Å². The number of nitrogens with one attached hydrogen (secondary N) is 3. The summed E-state index contributed by atoms with van der Waals surface area (Å²) in [4.78, 5) is 23.1. The third-order valence-electron chi connectivity index (χ3n) is 3.68. The summed E-state index contributed by atoms with van der Waals surface area (Å²) in [5, 5.41) is 9.09. The normalized spacial score (nSPS) is 19.0. The van der Waals surface area contributed by atoms with Gasteiger partial charge in [-0.3, -0.25) is 9.59 Å². The van der Waals surface area contributed by atoms with Crippen molar-refractivity contribution in [1.82, 2.24) is 10.6 Å². The number of anilines is 1. The van der Waals surface area contributed by atoms with Crippen LogP contribution in [0.1, 0.15) is 44.7 Å². The lowest BCUT2D eigenvalue weighted by atomic mass is 10.1. The summed E-state index contributed by atoms with van der Waals surface area (Å²) in [5.41, 5.74) is 1.73. The van der Waals surface area contributed by atoms with Crippen molar-refractivity contribution >= 4 is 17.5 Å². The Bertz CT molecular complexity index is 510. The van der Waals surface area contributed by atoms with E-state index in [9.17, 15) is 9.59 Å². The van der Waals surface area contributed by atoms with Gasteiger partial charge in [0.2, 0.25) is 11.8 Å². The number of hydrogen-bond acceptors (Lipinski definition) is 3. The molecule has 0 bridgehead atoms. The molecule has 5 nitrogen and oxygen atoms in total. The fourth-order valence-corrected chi connectivity index (χ4v) is 2.63. The Balaban J connectivity index is 1.91. The molecule has 1 aromatic rings. The molecule has 2 rings (SSSR count). The first-order valence-corrected chi connectivity index (χ1v) is 7.45. The highest BCUT2D eigenvalue weighted by molar-refractivity contribution is 5.88. The van der Waals surface area contributed by atoms with Gasteiger partial charge in [0.15, 0.2) is 0 Å². The highest BCUT2D eigenvalue weighted by Gasteiger charge is 2.19. The van der Waals surface area contributed by atoms with E-state index < -0.39 is 0 Å². The van der Waals surface area contributed by atoms with Crippen LogP contribution in [0.25, 0.3) is 0 Å². The monoisotopic (exact) mass is 289 g/mol. The van der Waals surface area contributed by atoms with Gasteiger partial charge in [0.1, 0.15) is 0 Å². The van der Waals surface area contributed by atoms with Crippen LogP contribution in [0, 0.1) is 0 Å². The summed E-state index contributed by atoms with van der Waals surface area (Å²) in [6.45, 7) is 4.44. The van der Waals surface area contributed by atoms with Crippen molar-refractivity contribution in [2.24, 2.45) is 0 Å². The lowest BCUT2D eigenvalue weighted by Gasteiger charge is -2.17. The zero-order chi connectivity index (χ0) is 15.2. The van der Waals surface area contributed by atoms with Crippen LogP contribution in [-0.4, -0.2) is 24.4 Å². The summed E-state index contributed by atoms with van der Waals surface area (Å²) in [7, 11) is 0. The molecule has 0 radical (unpaired) electrons. The Morgan fingerprint density at radius 1 is 1.43 bits per heavy atom. The van der Waals surface area contributed by atoms with Crippen molar-refractivity contribution in [3.8, 4) is 0 Å².